The van der Waals surface area contributed by atoms with E-state index in [1.807, 2.05) is 36.4 Å². The van der Waals surface area contributed by atoms with E-state index in [2.05, 4.69) is 33.0 Å². The predicted molar refractivity (Wildman–Crippen MR) is 124 cm³/mol. The summed E-state index contributed by atoms with van der Waals surface area (Å²) in [5, 5.41) is 9.58. The quantitative estimate of drug-likeness (QED) is 0.152. The summed E-state index contributed by atoms with van der Waals surface area (Å²) in [7, 11) is 0. The van der Waals surface area contributed by atoms with E-state index in [-0.39, 0.29) is 6.42 Å². The summed E-state index contributed by atoms with van der Waals surface area (Å²) in [5.41, 5.74) is 5.64. The van der Waals surface area contributed by atoms with E-state index < -0.39 is 17.2 Å². The molecule has 7 nitrogen and oxygen atoms in total. The van der Waals surface area contributed by atoms with Crippen LogP contribution in [-0.2, 0) is 22.6 Å². The highest BCUT2D eigenvalue weighted by atomic mass is 79.9. The second-order valence-corrected chi connectivity index (χ2v) is 9.26. The van der Waals surface area contributed by atoms with Gasteiger partial charge in [-0.3, -0.25) is 14.2 Å². The average Bonchev–Trinajstić information content (AvgIpc) is 3.18. The van der Waals surface area contributed by atoms with Crippen LogP contribution in [0, 0.1) is 0 Å². The molecule has 1 unspecified atom stereocenters. The molecule has 3 rings (SSSR count). The summed E-state index contributed by atoms with van der Waals surface area (Å²) in [5.74, 6) is -0.397. The molecule has 0 aliphatic carbocycles. The van der Waals surface area contributed by atoms with Crippen molar-refractivity contribution in [2.24, 2.45) is 0 Å². The summed E-state index contributed by atoms with van der Waals surface area (Å²) in [4.78, 5) is 14.4. The normalized spacial score (nSPS) is 12.4. The van der Waals surface area contributed by atoms with Gasteiger partial charge < -0.3 is 9.54 Å². The molecule has 0 spiro atoms. The second-order valence-electron chi connectivity index (χ2n) is 7.39. The molecule has 0 bridgehead atoms. The van der Waals surface area contributed by atoms with E-state index in [1.165, 1.54) is 4.31 Å². The third kappa shape index (κ3) is 6.98. The number of halogens is 1. The lowest BCUT2D eigenvalue weighted by molar-refractivity contribution is -0.129. The van der Waals surface area contributed by atoms with Crippen LogP contribution in [0.2, 0.25) is 0 Å². The maximum absolute atomic E-state index is 11.6. The van der Waals surface area contributed by atoms with Crippen LogP contribution in [-0.4, -0.2) is 35.7 Å². The number of carbonyl (C=O) groups is 1. The molecule has 166 valence electrons. The molecular formula is C22H25BrN3O4S-. The first-order valence-electron chi connectivity index (χ1n) is 10.1. The number of carbonyl (C=O) groups excluding carboxylic acids is 1. The monoisotopic (exact) mass is 506 g/mol. The minimum Gasteiger partial charge on any atom is -0.760 e. The number of hydrogen-bond donors (Lipinski definition) is 3. The fraction of sp³-hybridized carbons (Fsp3) is 0.318. The maximum Gasteiger partial charge on any atom is 0.243 e. The van der Waals surface area contributed by atoms with Gasteiger partial charge in [0.05, 0.1) is 0 Å². The van der Waals surface area contributed by atoms with Gasteiger partial charge in [-0.15, -0.1) is 0 Å². The molecule has 1 amide bonds. The number of fused-ring (bicyclic) bond motifs is 1. The Kier molecular flexibility index (Phi) is 8.79. The number of hydroxylamine groups is 1. The second kappa shape index (κ2) is 11.5. The molecule has 0 radical (unpaired) electrons. The highest BCUT2D eigenvalue weighted by Gasteiger charge is 2.09. The average molecular weight is 507 g/mol. The third-order valence-electron chi connectivity index (χ3n) is 5.10. The smallest absolute Gasteiger partial charge is 0.243 e. The summed E-state index contributed by atoms with van der Waals surface area (Å²) < 4.78 is 25.6. The van der Waals surface area contributed by atoms with E-state index in [0.717, 1.165) is 51.5 Å². The van der Waals surface area contributed by atoms with Gasteiger partial charge in [0.2, 0.25) is 5.91 Å². The van der Waals surface area contributed by atoms with Crippen molar-refractivity contribution in [2.45, 2.75) is 38.6 Å². The van der Waals surface area contributed by atoms with Crippen LogP contribution in [0.1, 0.15) is 37.7 Å². The molecule has 3 N–H and O–H groups in total. The molecule has 1 atom stereocenters. The number of hydrogen-bond acceptors (Lipinski definition) is 4. The van der Waals surface area contributed by atoms with Crippen molar-refractivity contribution in [3.63, 3.8) is 0 Å². The fourth-order valence-electron chi connectivity index (χ4n) is 3.44. The van der Waals surface area contributed by atoms with Crippen molar-refractivity contribution in [3.8, 4) is 11.3 Å². The Morgan fingerprint density at radius 1 is 1.10 bits per heavy atom. The van der Waals surface area contributed by atoms with E-state index >= 15 is 0 Å². The highest BCUT2D eigenvalue weighted by molar-refractivity contribution is 9.10. The van der Waals surface area contributed by atoms with Gasteiger partial charge in [0.15, 0.2) is 0 Å². The molecule has 3 aromatic rings. The van der Waals surface area contributed by atoms with Crippen molar-refractivity contribution >= 4 is 44.0 Å². The molecule has 0 saturated carbocycles. The van der Waals surface area contributed by atoms with Gasteiger partial charge in [-0.05, 0) is 48.2 Å². The van der Waals surface area contributed by atoms with Gasteiger partial charge in [-0.2, -0.15) is 0 Å². The summed E-state index contributed by atoms with van der Waals surface area (Å²) in [6, 6.07) is 16.1. The van der Waals surface area contributed by atoms with Gasteiger partial charge >= 0.3 is 0 Å². The Hall–Kier alpha value is -2.04. The van der Waals surface area contributed by atoms with E-state index in [4.69, 9.17) is 5.21 Å². The number of amides is 1. The number of aromatic nitrogens is 1. The van der Waals surface area contributed by atoms with E-state index in [1.54, 1.807) is 5.48 Å². The number of unbranched alkanes of at least 4 members (excludes halogenated alkanes) is 3. The first kappa shape index (κ1) is 23.6. The standard InChI is InChI=1S/C22H26BrN3O4S/c23-19-10-11-20-18(13-19)14-21(24-20)17-8-6-16(7-9-17)15-26(31(29)30)12-4-2-1-3-5-22(27)25-28/h6-11,13-14,24,28H,1-5,12,15H2,(H,25,27)(H,29,30)/p-1. The number of nitrogens with zero attached hydrogens (tertiary/aromatic N) is 1. The van der Waals surface area contributed by atoms with Crippen LogP contribution in [0.5, 0.6) is 0 Å². The predicted octanol–water partition coefficient (Wildman–Crippen LogP) is 4.65. The van der Waals surface area contributed by atoms with Crippen molar-refractivity contribution < 1.29 is 18.8 Å². The largest absolute Gasteiger partial charge is 0.760 e. The molecule has 0 aliphatic heterocycles. The third-order valence-corrected chi connectivity index (χ3v) is 6.33. The van der Waals surface area contributed by atoms with Crippen molar-refractivity contribution in [2.75, 3.05) is 6.54 Å². The van der Waals surface area contributed by atoms with Gasteiger partial charge in [0.1, 0.15) is 0 Å². The Balaban J connectivity index is 1.53. The van der Waals surface area contributed by atoms with Gasteiger partial charge in [-0.25, -0.2) is 9.79 Å². The minimum atomic E-state index is -2.30. The van der Waals surface area contributed by atoms with Crippen LogP contribution in [0.3, 0.4) is 0 Å². The van der Waals surface area contributed by atoms with Gasteiger partial charge in [0.25, 0.3) is 0 Å². The number of nitrogens with one attached hydrogen (secondary N) is 2. The van der Waals surface area contributed by atoms with Crippen LogP contribution in [0.25, 0.3) is 22.2 Å². The lowest BCUT2D eigenvalue weighted by Gasteiger charge is -2.24. The molecule has 1 heterocycles. The molecule has 0 fully saturated rings. The Labute approximate surface area is 192 Å². The fourth-order valence-corrected chi connectivity index (χ4v) is 4.35. The van der Waals surface area contributed by atoms with Crippen molar-refractivity contribution in [3.05, 3.63) is 58.6 Å². The summed E-state index contributed by atoms with van der Waals surface area (Å²) in [6.45, 7) is 0.754. The summed E-state index contributed by atoms with van der Waals surface area (Å²) in [6.07, 6.45) is 3.29. The van der Waals surface area contributed by atoms with Crippen LogP contribution in [0.4, 0.5) is 0 Å². The maximum atomic E-state index is 11.6. The molecule has 0 aliphatic rings. The minimum absolute atomic E-state index is 0.272. The zero-order valence-electron chi connectivity index (χ0n) is 17.0. The van der Waals surface area contributed by atoms with Crippen LogP contribution >= 0.6 is 15.9 Å². The molecule has 1 aromatic heterocycles. The molecule has 0 saturated heterocycles. The summed E-state index contributed by atoms with van der Waals surface area (Å²) >= 11 is 1.19. The van der Waals surface area contributed by atoms with Crippen LogP contribution in [0.15, 0.2) is 53.0 Å². The van der Waals surface area contributed by atoms with E-state index in [0.29, 0.717) is 19.5 Å². The zero-order chi connectivity index (χ0) is 22.2. The lowest BCUT2D eigenvalue weighted by Crippen LogP contribution is -2.26. The Morgan fingerprint density at radius 2 is 1.84 bits per heavy atom. The molecule has 31 heavy (non-hydrogen) atoms. The molecule has 9 heteroatoms. The Morgan fingerprint density at radius 3 is 2.55 bits per heavy atom. The Bertz CT molecular complexity index is 1040. The number of aromatic amines is 1. The van der Waals surface area contributed by atoms with Crippen molar-refractivity contribution in [1.29, 1.82) is 0 Å². The number of rotatable bonds is 11. The highest BCUT2D eigenvalue weighted by Crippen LogP contribution is 2.27. The first-order valence-corrected chi connectivity index (χ1v) is 11.9. The molecular weight excluding hydrogens is 482 g/mol. The first-order chi connectivity index (χ1) is 15.0. The number of benzene rings is 2. The SMILES string of the molecule is O=C(CCCCCCN(Cc1ccc(-c2cc3cc(Br)ccc3[nH]2)cc1)S(=O)[O-])NO. The van der Waals surface area contributed by atoms with Crippen LogP contribution < -0.4 is 5.48 Å². The van der Waals surface area contributed by atoms with E-state index in [9.17, 15) is 13.6 Å². The number of H-pyrrole nitrogens is 1. The molecule has 2 aromatic carbocycles. The lowest BCUT2D eigenvalue weighted by atomic mass is 10.1. The van der Waals surface area contributed by atoms with Crippen molar-refractivity contribution in [1.82, 2.24) is 14.8 Å². The van der Waals surface area contributed by atoms with Gasteiger partial charge in [-0.1, -0.05) is 53.0 Å². The zero-order valence-corrected chi connectivity index (χ0v) is 19.4. The van der Waals surface area contributed by atoms with Gasteiger partial charge in [0, 0.05) is 51.8 Å². The topological polar surface area (TPSA) is 108 Å².